The number of sulfonamides is 1. The normalized spacial score (nSPS) is 11.9. The van der Waals surface area contributed by atoms with Crippen LogP contribution in [-0.4, -0.2) is 32.0 Å². The summed E-state index contributed by atoms with van der Waals surface area (Å²) in [5.74, 6) is -0.451. The molecule has 0 heterocycles. The number of aryl methyl sites for hydroxylation is 1. The molecule has 0 fully saturated rings. The smallest absolute Gasteiger partial charge is 0.335 e. The van der Waals surface area contributed by atoms with Crippen LogP contribution in [0.3, 0.4) is 0 Å². The summed E-state index contributed by atoms with van der Waals surface area (Å²) in [5.41, 5.74) is 2.12. The van der Waals surface area contributed by atoms with Crippen molar-refractivity contribution in [3.63, 3.8) is 0 Å². The lowest BCUT2D eigenvalue weighted by Gasteiger charge is -2.32. The van der Waals surface area contributed by atoms with Gasteiger partial charge in [-0.1, -0.05) is 139 Å². The van der Waals surface area contributed by atoms with Gasteiger partial charge in [-0.15, -0.1) is 0 Å². The predicted molar refractivity (Wildman–Crippen MR) is 186 cm³/mol. The maximum absolute atomic E-state index is 14.3. The highest BCUT2D eigenvalue weighted by Gasteiger charge is 2.34. The van der Waals surface area contributed by atoms with Gasteiger partial charge in [0, 0.05) is 6.42 Å². The van der Waals surface area contributed by atoms with E-state index in [1.165, 1.54) is 12.1 Å². The second-order valence-corrected chi connectivity index (χ2v) is 15.4. The zero-order chi connectivity index (χ0) is 31.7. The fourth-order valence-corrected chi connectivity index (χ4v) is 10.6. The minimum Gasteiger partial charge on any atom is -0.463 e. The van der Waals surface area contributed by atoms with Gasteiger partial charge in [-0.3, -0.25) is 0 Å². The number of nitrogens with zero attached hydrogens (tertiary/aromatic N) is 1. The van der Waals surface area contributed by atoms with Crippen molar-refractivity contribution in [3.05, 3.63) is 157 Å². The van der Waals surface area contributed by atoms with Gasteiger partial charge in [0.05, 0.1) is 22.5 Å². The summed E-state index contributed by atoms with van der Waals surface area (Å²) in [5, 5.41) is 7.93. The largest absolute Gasteiger partial charge is 0.463 e. The molecule has 5 aromatic rings. The third-order valence-electron chi connectivity index (χ3n) is 7.42. The summed E-state index contributed by atoms with van der Waals surface area (Å²) < 4.78 is 32.4. The fourth-order valence-electron chi connectivity index (χ4n) is 5.29. The molecule has 0 amide bonds. The summed E-state index contributed by atoms with van der Waals surface area (Å²) in [6.45, 7) is 1.07. The van der Waals surface area contributed by atoms with Gasteiger partial charge in [-0.25, -0.2) is 4.79 Å². The van der Waals surface area contributed by atoms with E-state index >= 15 is 0 Å². The van der Waals surface area contributed by atoms with Gasteiger partial charge in [0.15, 0.2) is 0 Å². The van der Waals surface area contributed by atoms with Crippen LogP contribution in [0.1, 0.15) is 24.5 Å². The van der Waals surface area contributed by atoms with Crippen LogP contribution >= 0.6 is 6.89 Å². The van der Waals surface area contributed by atoms with Crippen molar-refractivity contribution in [2.75, 3.05) is 6.61 Å². The number of esters is 1. The molecule has 45 heavy (non-hydrogen) atoms. The van der Waals surface area contributed by atoms with E-state index in [1.807, 2.05) is 122 Å². The maximum Gasteiger partial charge on any atom is 0.335 e. The van der Waals surface area contributed by atoms with E-state index in [0.29, 0.717) is 16.6 Å². The van der Waals surface area contributed by atoms with Gasteiger partial charge in [0.2, 0.25) is 0 Å². The number of carbonyl (C=O) groups excluding carboxylic acids is 1. The molecule has 0 aliphatic heterocycles. The SMILES string of the molecule is CCOC(=O)C(C/C(=N/NS(=O)(=O)c1ccccc1)c1ccc(C)cc1)=P(c1ccccc1)(c1ccccc1)c1ccccc1. The van der Waals surface area contributed by atoms with Crippen molar-refractivity contribution in [1.29, 1.82) is 0 Å². The Balaban J connectivity index is 1.85. The Bertz CT molecular complexity index is 1820. The first-order chi connectivity index (χ1) is 21.9. The van der Waals surface area contributed by atoms with E-state index in [9.17, 15) is 13.2 Å². The number of hydrogen-bond donors (Lipinski definition) is 1. The Morgan fingerprint density at radius 2 is 1.13 bits per heavy atom. The lowest BCUT2D eigenvalue weighted by Crippen LogP contribution is -2.36. The van der Waals surface area contributed by atoms with Gasteiger partial charge in [0.1, 0.15) is 0 Å². The molecular formula is C37H35N2O4PS. The van der Waals surface area contributed by atoms with Crippen molar-refractivity contribution in [1.82, 2.24) is 4.83 Å². The van der Waals surface area contributed by atoms with E-state index in [0.717, 1.165) is 21.5 Å². The van der Waals surface area contributed by atoms with Crippen LogP contribution in [0.15, 0.2) is 156 Å². The molecular weight excluding hydrogens is 599 g/mol. The summed E-state index contributed by atoms with van der Waals surface area (Å²) in [6.07, 6.45) is 0.0334. The van der Waals surface area contributed by atoms with Crippen molar-refractivity contribution < 1.29 is 17.9 Å². The lowest BCUT2D eigenvalue weighted by atomic mass is 10.0. The maximum atomic E-state index is 14.3. The molecule has 0 aromatic heterocycles. The summed E-state index contributed by atoms with van der Waals surface area (Å²) in [7, 11) is -3.98. The Kier molecular flexibility index (Phi) is 10.1. The summed E-state index contributed by atoms with van der Waals surface area (Å²) in [6, 6.07) is 45.7. The van der Waals surface area contributed by atoms with Gasteiger partial charge in [-0.2, -0.15) is 18.4 Å². The van der Waals surface area contributed by atoms with E-state index in [1.54, 1.807) is 25.1 Å². The minimum atomic E-state index is -3.98. The molecule has 228 valence electrons. The highest BCUT2D eigenvalue weighted by Crippen LogP contribution is 2.47. The average Bonchev–Trinajstić information content (AvgIpc) is 3.08. The van der Waals surface area contributed by atoms with Crippen LogP contribution in [0.2, 0.25) is 0 Å². The van der Waals surface area contributed by atoms with Crippen LogP contribution in [0.5, 0.6) is 0 Å². The van der Waals surface area contributed by atoms with E-state index in [-0.39, 0.29) is 17.9 Å². The summed E-state index contributed by atoms with van der Waals surface area (Å²) >= 11 is 0. The van der Waals surface area contributed by atoms with Crippen molar-refractivity contribution in [2.24, 2.45) is 5.10 Å². The Hall–Kier alpha value is -4.71. The second-order valence-electron chi connectivity index (χ2n) is 10.4. The molecule has 0 unspecified atom stereocenters. The fraction of sp³-hybridized carbons (Fsp3) is 0.108. The molecule has 0 aliphatic rings. The molecule has 0 saturated heterocycles. The van der Waals surface area contributed by atoms with Gasteiger partial charge < -0.3 is 4.74 Å². The standard InChI is InChI=1S/C37H35N2O4PS/c1-3-43-37(40)36(28-35(30-26-24-29(2)25-27-30)38-39-45(41,42)34-22-14-7-15-23-34)44(31-16-8-4-9-17-31,32-18-10-5-11-19-32)33-20-12-6-13-21-33/h4-27,39H,3,28H2,1-2H3/b38-35-. The summed E-state index contributed by atoms with van der Waals surface area (Å²) in [4.78, 5) is 16.9. The predicted octanol–water partition coefficient (Wildman–Crippen LogP) is 5.80. The number of benzene rings is 5. The minimum absolute atomic E-state index is 0.0334. The van der Waals surface area contributed by atoms with Crippen LogP contribution in [0.25, 0.3) is 0 Å². The number of rotatable bonds is 11. The molecule has 0 spiro atoms. The average molecular weight is 635 g/mol. The lowest BCUT2D eigenvalue weighted by molar-refractivity contribution is -0.134. The van der Waals surface area contributed by atoms with Crippen LogP contribution in [-0.2, 0) is 19.6 Å². The van der Waals surface area contributed by atoms with Crippen LogP contribution < -0.4 is 20.7 Å². The van der Waals surface area contributed by atoms with Crippen molar-refractivity contribution in [2.45, 2.75) is 25.2 Å². The zero-order valence-corrected chi connectivity index (χ0v) is 26.9. The number of nitrogens with one attached hydrogen (secondary N) is 1. The first kappa shape index (κ1) is 31.7. The van der Waals surface area contributed by atoms with Crippen molar-refractivity contribution in [3.8, 4) is 0 Å². The molecule has 6 nitrogen and oxygen atoms in total. The molecule has 0 aliphatic carbocycles. The van der Waals surface area contributed by atoms with Crippen LogP contribution in [0.4, 0.5) is 0 Å². The first-order valence-electron chi connectivity index (χ1n) is 14.7. The Labute approximate surface area is 265 Å². The topological polar surface area (TPSA) is 84.8 Å². The number of hydrazone groups is 1. The van der Waals surface area contributed by atoms with Crippen molar-refractivity contribution >= 4 is 49.8 Å². The quantitative estimate of drug-likeness (QED) is 0.0862. The number of carbonyl (C=O) groups is 1. The zero-order valence-electron chi connectivity index (χ0n) is 25.2. The highest BCUT2D eigenvalue weighted by molar-refractivity contribution is 7.96. The van der Waals surface area contributed by atoms with Crippen LogP contribution in [0, 0.1) is 6.92 Å². The Morgan fingerprint density at radius 1 is 0.689 bits per heavy atom. The second kappa shape index (κ2) is 14.4. The molecule has 5 rings (SSSR count). The molecule has 0 bridgehead atoms. The molecule has 0 atom stereocenters. The molecule has 5 aromatic carbocycles. The van der Waals surface area contributed by atoms with E-state index < -0.39 is 22.9 Å². The third kappa shape index (κ3) is 7.01. The van der Waals surface area contributed by atoms with Gasteiger partial charge in [-0.05, 0) is 54.3 Å². The molecule has 1 N–H and O–H groups in total. The highest BCUT2D eigenvalue weighted by atomic mass is 32.2. The monoisotopic (exact) mass is 634 g/mol. The van der Waals surface area contributed by atoms with Gasteiger partial charge >= 0.3 is 5.97 Å². The molecule has 0 saturated carbocycles. The molecule has 0 radical (unpaired) electrons. The molecule has 8 heteroatoms. The third-order valence-corrected chi connectivity index (χ3v) is 13.0. The Morgan fingerprint density at radius 3 is 1.58 bits per heavy atom. The number of hydrogen-bond acceptors (Lipinski definition) is 5. The first-order valence-corrected chi connectivity index (χ1v) is 17.9. The van der Waals surface area contributed by atoms with E-state index in [4.69, 9.17) is 4.74 Å². The number of ether oxygens (including phenoxy) is 1. The van der Waals surface area contributed by atoms with Gasteiger partial charge in [0.25, 0.3) is 10.0 Å². The van der Waals surface area contributed by atoms with E-state index in [2.05, 4.69) is 9.93 Å².